The SMILES string of the molecule is CC(C)NCC(Cc1cncs1)c1ccc(Br)cc1. The molecule has 0 amide bonds. The molecule has 0 aliphatic rings. The molecule has 0 aliphatic carbocycles. The molecule has 0 fully saturated rings. The van der Waals surface area contributed by atoms with Crippen molar-refractivity contribution in [3.63, 3.8) is 0 Å². The van der Waals surface area contributed by atoms with E-state index in [9.17, 15) is 0 Å². The Balaban J connectivity index is 2.11. The first-order valence-corrected chi connectivity index (χ1v) is 8.18. The molecule has 0 aliphatic heterocycles. The number of benzene rings is 1. The number of hydrogen-bond donors (Lipinski definition) is 1. The van der Waals surface area contributed by atoms with Crippen LogP contribution in [0.15, 0.2) is 40.4 Å². The lowest BCUT2D eigenvalue weighted by atomic mass is 9.95. The second-order valence-electron chi connectivity index (χ2n) is 4.98. The topological polar surface area (TPSA) is 24.9 Å². The van der Waals surface area contributed by atoms with Crippen molar-refractivity contribution in [2.24, 2.45) is 0 Å². The number of halogens is 1. The largest absolute Gasteiger partial charge is 0.314 e. The molecular weight excluding hydrogens is 320 g/mol. The van der Waals surface area contributed by atoms with E-state index in [1.165, 1.54) is 10.4 Å². The zero-order chi connectivity index (χ0) is 13.7. The van der Waals surface area contributed by atoms with Crippen molar-refractivity contribution in [1.82, 2.24) is 10.3 Å². The van der Waals surface area contributed by atoms with Gasteiger partial charge in [-0.2, -0.15) is 0 Å². The molecule has 2 rings (SSSR count). The molecule has 1 aromatic carbocycles. The molecule has 1 heterocycles. The average molecular weight is 339 g/mol. The van der Waals surface area contributed by atoms with Gasteiger partial charge in [-0.05, 0) is 24.1 Å². The van der Waals surface area contributed by atoms with Gasteiger partial charge in [-0.1, -0.05) is 41.9 Å². The standard InChI is InChI=1S/C15H19BrN2S/c1-11(2)18-8-13(7-15-9-17-10-19-15)12-3-5-14(16)6-4-12/h3-6,9-11,13,18H,7-8H2,1-2H3. The van der Waals surface area contributed by atoms with Crippen molar-refractivity contribution in [2.75, 3.05) is 6.54 Å². The van der Waals surface area contributed by atoms with Crippen molar-refractivity contribution < 1.29 is 0 Å². The zero-order valence-electron chi connectivity index (χ0n) is 11.3. The van der Waals surface area contributed by atoms with Crippen LogP contribution in [0, 0.1) is 0 Å². The summed E-state index contributed by atoms with van der Waals surface area (Å²) in [5.41, 5.74) is 3.29. The number of nitrogens with zero attached hydrogens (tertiary/aromatic N) is 1. The lowest BCUT2D eigenvalue weighted by Gasteiger charge is -2.19. The summed E-state index contributed by atoms with van der Waals surface area (Å²) in [5.74, 6) is 0.496. The minimum absolute atomic E-state index is 0.496. The van der Waals surface area contributed by atoms with Crippen molar-refractivity contribution in [3.05, 3.63) is 50.9 Å². The first-order chi connectivity index (χ1) is 9.15. The monoisotopic (exact) mass is 338 g/mol. The van der Waals surface area contributed by atoms with Crippen molar-refractivity contribution in [2.45, 2.75) is 32.2 Å². The Hall–Kier alpha value is -0.710. The van der Waals surface area contributed by atoms with Crippen molar-refractivity contribution in [3.8, 4) is 0 Å². The third-order valence-corrected chi connectivity index (χ3v) is 4.38. The summed E-state index contributed by atoms with van der Waals surface area (Å²) in [6.45, 7) is 5.37. The van der Waals surface area contributed by atoms with Gasteiger partial charge in [-0.3, -0.25) is 4.98 Å². The summed E-state index contributed by atoms with van der Waals surface area (Å²) in [7, 11) is 0. The fraction of sp³-hybridized carbons (Fsp3) is 0.400. The molecule has 1 N–H and O–H groups in total. The van der Waals surface area contributed by atoms with E-state index in [-0.39, 0.29) is 0 Å². The second-order valence-corrected chi connectivity index (χ2v) is 6.87. The molecule has 0 spiro atoms. The molecular formula is C15H19BrN2S. The number of hydrogen-bond acceptors (Lipinski definition) is 3. The van der Waals surface area contributed by atoms with Gasteiger partial charge < -0.3 is 5.32 Å². The van der Waals surface area contributed by atoms with Crippen molar-refractivity contribution >= 4 is 27.3 Å². The summed E-state index contributed by atoms with van der Waals surface area (Å²) in [6, 6.07) is 9.16. The number of aromatic nitrogens is 1. The maximum absolute atomic E-state index is 4.17. The van der Waals surface area contributed by atoms with Crippen LogP contribution in [0.3, 0.4) is 0 Å². The van der Waals surface area contributed by atoms with Crippen LogP contribution in [-0.4, -0.2) is 17.6 Å². The fourth-order valence-electron chi connectivity index (χ4n) is 2.01. The smallest absolute Gasteiger partial charge is 0.0794 e. The molecule has 0 saturated carbocycles. The highest BCUT2D eigenvalue weighted by atomic mass is 79.9. The lowest BCUT2D eigenvalue weighted by molar-refractivity contribution is 0.528. The average Bonchev–Trinajstić information content (AvgIpc) is 2.88. The van der Waals surface area contributed by atoms with E-state index in [0.717, 1.165) is 17.4 Å². The molecule has 0 bridgehead atoms. The van der Waals surface area contributed by atoms with Gasteiger partial charge >= 0.3 is 0 Å². The highest BCUT2D eigenvalue weighted by Gasteiger charge is 2.13. The third kappa shape index (κ3) is 4.71. The van der Waals surface area contributed by atoms with E-state index in [0.29, 0.717) is 12.0 Å². The van der Waals surface area contributed by atoms with Gasteiger partial charge in [-0.25, -0.2) is 0 Å². The van der Waals surface area contributed by atoms with Crippen LogP contribution in [0.4, 0.5) is 0 Å². The minimum atomic E-state index is 0.496. The van der Waals surface area contributed by atoms with E-state index < -0.39 is 0 Å². The summed E-state index contributed by atoms with van der Waals surface area (Å²) >= 11 is 5.23. The summed E-state index contributed by atoms with van der Waals surface area (Å²) in [6.07, 6.45) is 3.03. The predicted molar refractivity (Wildman–Crippen MR) is 85.8 cm³/mol. The Labute approximate surface area is 127 Å². The highest BCUT2D eigenvalue weighted by Crippen LogP contribution is 2.24. The molecule has 1 aromatic heterocycles. The summed E-state index contributed by atoms with van der Waals surface area (Å²) < 4.78 is 1.13. The van der Waals surface area contributed by atoms with Gasteiger partial charge in [-0.15, -0.1) is 11.3 Å². The molecule has 102 valence electrons. The van der Waals surface area contributed by atoms with E-state index in [2.05, 4.69) is 64.3 Å². The van der Waals surface area contributed by atoms with E-state index in [4.69, 9.17) is 0 Å². The summed E-state index contributed by atoms with van der Waals surface area (Å²) in [4.78, 5) is 5.51. The van der Waals surface area contributed by atoms with Crippen LogP contribution in [0.5, 0.6) is 0 Å². The second kappa shape index (κ2) is 7.17. The summed E-state index contributed by atoms with van der Waals surface area (Å²) in [5, 5.41) is 3.54. The molecule has 0 radical (unpaired) electrons. The van der Waals surface area contributed by atoms with Crippen LogP contribution >= 0.6 is 27.3 Å². The van der Waals surface area contributed by atoms with Crippen LogP contribution < -0.4 is 5.32 Å². The Morgan fingerprint density at radius 1 is 1.26 bits per heavy atom. The lowest BCUT2D eigenvalue weighted by Crippen LogP contribution is -2.28. The molecule has 2 aromatic rings. The van der Waals surface area contributed by atoms with E-state index in [1.807, 2.05) is 11.7 Å². The van der Waals surface area contributed by atoms with E-state index >= 15 is 0 Å². The zero-order valence-corrected chi connectivity index (χ0v) is 13.7. The third-order valence-electron chi connectivity index (χ3n) is 3.04. The highest BCUT2D eigenvalue weighted by molar-refractivity contribution is 9.10. The number of nitrogens with one attached hydrogen (secondary N) is 1. The normalized spacial score (nSPS) is 12.8. The predicted octanol–water partition coefficient (Wildman–Crippen LogP) is 4.23. The maximum Gasteiger partial charge on any atom is 0.0794 e. The van der Waals surface area contributed by atoms with Gasteiger partial charge in [0, 0.05) is 34.1 Å². The number of rotatable bonds is 6. The molecule has 19 heavy (non-hydrogen) atoms. The maximum atomic E-state index is 4.17. The molecule has 1 atom stereocenters. The van der Waals surface area contributed by atoms with Gasteiger partial charge in [0.05, 0.1) is 5.51 Å². The first kappa shape index (κ1) is 14.7. The molecule has 2 nitrogen and oxygen atoms in total. The Morgan fingerprint density at radius 3 is 2.58 bits per heavy atom. The first-order valence-electron chi connectivity index (χ1n) is 6.51. The Bertz CT molecular complexity index is 479. The molecule has 1 unspecified atom stereocenters. The quantitative estimate of drug-likeness (QED) is 0.852. The van der Waals surface area contributed by atoms with Crippen LogP contribution in [-0.2, 0) is 6.42 Å². The van der Waals surface area contributed by atoms with Crippen molar-refractivity contribution in [1.29, 1.82) is 0 Å². The van der Waals surface area contributed by atoms with Crippen LogP contribution in [0.2, 0.25) is 0 Å². The number of thiazole rings is 1. The van der Waals surface area contributed by atoms with Crippen LogP contribution in [0.1, 0.15) is 30.2 Å². The molecule has 0 saturated heterocycles. The van der Waals surface area contributed by atoms with Gasteiger partial charge in [0.2, 0.25) is 0 Å². The fourth-order valence-corrected chi connectivity index (χ4v) is 2.95. The molecule has 4 heteroatoms. The van der Waals surface area contributed by atoms with E-state index in [1.54, 1.807) is 11.3 Å². The van der Waals surface area contributed by atoms with Gasteiger partial charge in [0.1, 0.15) is 0 Å². The van der Waals surface area contributed by atoms with Crippen LogP contribution in [0.25, 0.3) is 0 Å². The Morgan fingerprint density at radius 2 is 2.00 bits per heavy atom. The van der Waals surface area contributed by atoms with Gasteiger partial charge in [0.25, 0.3) is 0 Å². The Kier molecular flexibility index (Phi) is 5.55. The minimum Gasteiger partial charge on any atom is -0.314 e. The van der Waals surface area contributed by atoms with Gasteiger partial charge in [0.15, 0.2) is 0 Å².